The minimum absolute atomic E-state index is 0.0346. The first kappa shape index (κ1) is 33.3. The van der Waals surface area contributed by atoms with Gasteiger partial charge in [0.1, 0.15) is 5.82 Å². The molecule has 2 heterocycles. The van der Waals surface area contributed by atoms with Gasteiger partial charge in [-0.25, -0.2) is 9.18 Å². The number of hydrogen-bond acceptors (Lipinski definition) is 5. The number of aliphatic imine (C=N–C) groups is 1. The normalized spacial score (nSPS) is 18.4. The van der Waals surface area contributed by atoms with E-state index in [1.54, 1.807) is 34.0 Å². The maximum Gasteiger partial charge on any atom is 0.410 e. The molecule has 1 aromatic heterocycles. The number of rotatable bonds is 8. The molecular weight excluding hydrogens is 517 g/mol. The Balaban J connectivity index is 0.000000629. The van der Waals surface area contributed by atoms with Gasteiger partial charge in [0.2, 0.25) is 0 Å². The zero-order valence-electron chi connectivity index (χ0n) is 25.9. The average molecular weight is 564 g/mol. The van der Waals surface area contributed by atoms with Crippen LogP contribution in [0.1, 0.15) is 66.0 Å². The van der Waals surface area contributed by atoms with Gasteiger partial charge in [-0.3, -0.25) is 9.67 Å². The van der Waals surface area contributed by atoms with Crippen molar-refractivity contribution in [1.82, 2.24) is 19.6 Å². The first-order valence-corrected chi connectivity index (χ1v) is 14.1. The molecule has 0 bridgehead atoms. The first-order valence-electron chi connectivity index (χ1n) is 14.1. The molecule has 0 spiro atoms. The smallest absolute Gasteiger partial charge is 0.410 e. The molecule has 3 rings (SSSR count). The lowest BCUT2D eigenvalue weighted by Gasteiger charge is -2.46. The van der Waals surface area contributed by atoms with E-state index in [9.17, 15) is 9.18 Å². The van der Waals surface area contributed by atoms with Gasteiger partial charge in [0.25, 0.3) is 0 Å². The number of hydrogen-bond donors (Lipinski definition) is 0. The number of aromatic nitrogens is 2. The monoisotopic (exact) mass is 563 g/mol. The standard InChI is InChI=1S/C27H38FN3O2.C6H8N2/c1-9-22(23-14-12-13-15-24(23)28)26(25(10-2)29-11-3)21(8)30-16-20(7)31(17-19(30)6)27(32)33-18(4)5;1-3-6-4-7-8(2)5-6/h9,11-15,18-20H,3,10,16-17H2,1-2,4-8H3;3-5H,1H2,2H3/b22-9-,26-21+,29-25?;/t19-,20+;/m0./s1. The lowest BCUT2D eigenvalue weighted by Crippen LogP contribution is -2.57. The van der Waals surface area contributed by atoms with E-state index in [0.29, 0.717) is 25.1 Å². The highest BCUT2D eigenvalue weighted by atomic mass is 19.1. The lowest BCUT2D eigenvalue weighted by molar-refractivity contribution is 0.0277. The van der Waals surface area contributed by atoms with Gasteiger partial charge in [-0.2, -0.15) is 5.10 Å². The number of piperazine rings is 1. The number of benzene rings is 1. The molecule has 8 heteroatoms. The fourth-order valence-corrected chi connectivity index (χ4v) is 4.92. The van der Waals surface area contributed by atoms with E-state index in [1.807, 2.05) is 60.0 Å². The zero-order valence-corrected chi connectivity index (χ0v) is 25.9. The summed E-state index contributed by atoms with van der Waals surface area (Å²) in [5.41, 5.74) is 5.16. The molecule has 1 aromatic carbocycles. The highest BCUT2D eigenvalue weighted by molar-refractivity contribution is 6.14. The first-order chi connectivity index (χ1) is 19.5. The van der Waals surface area contributed by atoms with E-state index in [4.69, 9.17) is 4.74 Å². The van der Waals surface area contributed by atoms with Gasteiger partial charge in [0.05, 0.1) is 12.3 Å². The van der Waals surface area contributed by atoms with Crippen LogP contribution in [-0.2, 0) is 11.8 Å². The quantitative estimate of drug-likeness (QED) is 0.246. The summed E-state index contributed by atoms with van der Waals surface area (Å²) < 4.78 is 22.0. The number of nitrogens with zero attached hydrogens (tertiary/aromatic N) is 5. The Labute approximate surface area is 245 Å². The maximum atomic E-state index is 14.8. The van der Waals surface area contributed by atoms with E-state index < -0.39 is 0 Å². The Kier molecular flexibility index (Phi) is 12.8. The molecule has 0 N–H and O–H groups in total. The van der Waals surface area contributed by atoms with Crippen LogP contribution in [0.25, 0.3) is 11.6 Å². The van der Waals surface area contributed by atoms with Gasteiger partial charge in [0, 0.05) is 72.7 Å². The molecule has 41 heavy (non-hydrogen) atoms. The molecule has 0 radical (unpaired) electrons. The number of ether oxygens (including phenoxy) is 1. The SMILES string of the molecule is C=CN=C(CC)C(/C(=C\C)c1ccccc1F)=C(\C)N1C[C@@H](C)N(C(=O)OC(C)C)C[C@@H]1C.C=Cc1cnn(C)c1. The molecule has 0 saturated carbocycles. The third kappa shape index (κ3) is 8.77. The van der Waals surface area contributed by atoms with Crippen LogP contribution in [-0.4, -0.2) is 62.7 Å². The van der Waals surface area contributed by atoms with Crippen LogP contribution in [0, 0.1) is 5.82 Å². The van der Waals surface area contributed by atoms with Gasteiger partial charge in [-0.15, -0.1) is 0 Å². The molecule has 0 aliphatic carbocycles. The highest BCUT2D eigenvalue weighted by Crippen LogP contribution is 2.33. The Morgan fingerprint density at radius 2 is 1.83 bits per heavy atom. The summed E-state index contributed by atoms with van der Waals surface area (Å²) in [6.45, 7) is 22.4. The minimum Gasteiger partial charge on any atom is -0.447 e. The third-order valence-corrected chi connectivity index (χ3v) is 6.90. The van der Waals surface area contributed by atoms with Crippen molar-refractivity contribution in [3.05, 3.63) is 90.3 Å². The minimum atomic E-state index is -0.283. The van der Waals surface area contributed by atoms with Crippen LogP contribution >= 0.6 is 0 Å². The number of aryl methyl sites for hydroxylation is 1. The van der Waals surface area contributed by atoms with Crippen LogP contribution in [0.3, 0.4) is 0 Å². The zero-order chi connectivity index (χ0) is 30.7. The summed E-state index contributed by atoms with van der Waals surface area (Å²) in [6, 6.07) is 6.83. The fourth-order valence-electron chi connectivity index (χ4n) is 4.92. The maximum absolute atomic E-state index is 14.8. The number of carbonyl (C=O) groups excluding carboxylic acids is 1. The second-order valence-electron chi connectivity index (χ2n) is 10.3. The van der Waals surface area contributed by atoms with Crippen molar-refractivity contribution in [2.45, 2.75) is 73.1 Å². The van der Waals surface area contributed by atoms with Gasteiger partial charge >= 0.3 is 6.09 Å². The summed E-state index contributed by atoms with van der Waals surface area (Å²) in [5, 5.41) is 3.93. The third-order valence-electron chi connectivity index (χ3n) is 6.90. The largest absolute Gasteiger partial charge is 0.447 e. The molecule has 1 fully saturated rings. The number of allylic oxidation sites excluding steroid dienone is 4. The second-order valence-corrected chi connectivity index (χ2v) is 10.3. The number of carbonyl (C=O) groups is 1. The van der Waals surface area contributed by atoms with Crippen molar-refractivity contribution in [2.24, 2.45) is 12.0 Å². The Morgan fingerprint density at radius 3 is 2.32 bits per heavy atom. The van der Waals surface area contributed by atoms with E-state index in [0.717, 1.165) is 28.1 Å². The van der Waals surface area contributed by atoms with Crippen molar-refractivity contribution in [2.75, 3.05) is 13.1 Å². The van der Waals surface area contributed by atoms with Crippen molar-refractivity contribution >= 4 is 23.5 Å². The van der Waals surface area contributed by atoms with Crippen LogP contribution < -0.4 is 0 Å². The van der Waals surface area contributed by atoms with Crippen LogP contribution in [0.15, 0.2) is 78.4 Å². The summed E-state index contributed by atoms with van der Waals surface area (Å²) >= 11 is 0. The van der Waals surface area contributed by atoms with Crippen molar-refractivity contribution in [1.29, 1.82) is 0 Å². The molecule has 1 amide bonds. The molecule has 2 aromatic rings. The van der Waals surface area contributed by atoms with E-state index in [-0.39, 0.29) is 30.1 Å². The fraction of sp³-hybridized carbons (Fsp3) is 0.424. The summed E-state index contributed by atoms with van der Waals surface area (Å²) in [5.74, 6) is -0.271. The molecule has 222 valence electrons. The molecule has 0 unspecified atom stereocenters. The second kappa shape index (κ2) is 15.7. The van der Waals surface area contributed by atoms with Crippen molar-refractivity contribution in [3.8, 4) is 0 Å². The van der Waals surface area contributed by atoms with Crippen molar-refractivity contribution in [3.63, 3.8) is 0 Å². The van der Waals surface area contributed by atoms with Crippen molar-refractivity contribution < 1.29 is 13.9 Å². The highest BCUT2D eigenvalue weighted by Gasteiger charge is 2.34. The molecule has 2 atom stereocenters. The van der Waals surface area contributed by atoms with E-state index >= 15 is 0 Å². The summed E-state index contributed by atoms with van der Waals surface area (Å²) in [4.78, 5) is 21.2. The predicted octanol–water partition coefficient (Wildman–Crippen LogP) is 7.50. The van der Waals surface area contributed by atoms with E-state index in [2.05, 4.69) is 42.0 Å². The molecular formula is C33H46FN5O2. The number of amides is 1. The van der Waals surface area contributed by atoms with Gasteiger partial charge in [-0.05, 0) is 59.6 Å². The Hall–Kier alpha value is -3.94. The summed E-state index contributed by atoms with van der Waals surface area (Å²) in [6.07, 6.45) is 9.16. The Morgan fingerprint density at radius 1 is 1.20 bits per heavy atom. The number of halogens is 1. The predicted molar refractivity (Wildman–Crippen MR) is 168 cm³/mol. The van der Waals surface area contributed by atoms with E-state index in [1.165, 1.54) is 12.3 Å². The topological polar surface area (TPSA) is 63.0 Å². The molecule has 1 saturated heterocycles. The van der Waals surface area contributed by atoms with Gasteiger partial charge in [0.15, 0.2) is 0 Å². The Bertz CT molecular complexity index is 1290. The van der Waals surface area contributed by atoms with Gasteiger partial charge < -0.3 is 14.5 Å². The molecule has 7 nitrogen and oxygen atoms in total. The molecule has 1 aliphatic rings. The molecule has 1 aliphatic heterocycles. The average Bonchev–Trinajstić information content (AvgIpc) is 3.37. The lowest BCUT2D eigenvalue weighted by atomic mass is 9.90. The van der Waals surface area contributed by atoms with Gasteiger partial charge in [-0.1, -0.05) is 50.4 Å². The summed E-state index contributed by atoms with van der Waals surface area (Å²) in [7, 11) is 1.88. The van der Waals surface area contributed by atoms with Crippen LogP contribution in [0.2, 0.25) is 0 Å². The van der Waals surface area contributed by atoms with Crippen LogP contribution in [0.4, 0.5) is 9.18 Å². The van der Waals surface area contributed by atoms with Crippen LogP contribution in [0.5, 0.6) is 0 Å².